The molecule has 17 heavy (non-hydrogen) atoms. The minimum Gasteiger partial charge on any atom is -0.351 e. The van der Waals surface area contributed by atoms with Crippen molar-refractivity contribution in [1.29, 1.82) is 0 Å². The van der Waals surface area contributed by atoms with Gasteiger partial charge in [0.25, 0.3) is 0 Å². The Labute approximate surface area is 100 Å². The summed E-state index contributed by atoms with van der Waals surface area (Å²) in [6, 6.07) is 3.10. The van der Waals surface area contributed by atoms with Gasteiger partial charge in [0.15, 0.2) is 0 Å². The standard InChI is InChI=1S/C11H17N5O/c1-3-6-14-11(16-10(12)17)15-9-8(2)5-4-7-13-9/h4-5,7H,3,6H2,1-2H3,(H4,12,13,14,15,16,17). The number of amides is 2. The van der Waals surface area contributed by atoms with E-state index in [0.717, 1.165) is 12.0 Å². The molecule has 1 heterocycles. The number of rotatable bonds is 3. The fourth-order valence-electron chi connectivity index (χ4n) is 1.18. The molecule has 1 rings (SSSR count). The van der Waals surface area contributed by atoms with Crippen molar-refractivity contribution in [3.05, 3.63) is 23.9 Å². The molecule has 6 nitrogen and oxygen atoms in total. The summed E-state index contributed by atoms with van der Waals surface area (Å²) in [4.78, 5) is 19.1. The topological polar surface area (TPSA) is 92.4 Å². The number of aromatic nitrogens is 1. The summed E-state index contributed by atoms with van der Waals surface area (Å²) in [5, 5.41) is 5.37. The van der Waals surface area contributed by atoms with Crippen LogP contribution < -0.4 is 16.4 Å². The molecule has 1 aromatic heterocycles. The third-order valence-electron chi connectivity index (χ3n) is 1.98. The van der Waals surface area contributed by atoms with Crippen molar-refractivity contribution in [3.63, 3.8) is 0 Å². The summed E-state index contributed by atoms with van der Waals surface area (Å²) < 4.78 is 0. The number of nitrogens with two attached hydrogens (primary N) is 1. The van der Waals surface area contributed by atoms with E-state index in [-0.39, 0.29) is 0 Å². The van der Waals surface area contributed by atoms with E-state index in [1.54, 1.807) is 6.20 Å². The van der Waals surface area contributed by atoms with Crippen molar-refractivity contribution < 1.29 is 4.79 Å². The zero-order chi connectivity index (χ0) is 12.7. The highest BCUT2D eigenvalue weighted by atomic mass is 16.2. The number of urea groups is 1. The molecule has 0 spiro atoms. The van der Waals surface area contributed by atoms with Gasteiger partial charge in [0, 0.05) is 12.7 Å². The zero-order valence-corrected chi connectivity index (χ0v) is 10.0. The number of hydrogen-bond acceptors (Lipinski definition) is 3. The number of nitrogens with one attached hydrogen (secondary N) is 2. The first-order chi connectivity index (χ1) is 8.13. The van der Waals surface area contributed by atoms with Crippen LogP contribution in [0.1, 0.15) is 18.9 Å². The normalized spacial score (nSPS) is 11.1. The molecule has 0 radical (unpaired) electrons. The lowest BCUT2D eigenvalue weighted by molar-refractivity contribution is 0.253. The van der Waals surface area contributed by atoms with Crippen LogP contribution in [0.3, 0.4) is 0 Å². The molecule has 1 aromatic rings. The van der Waals surface area contributed by atoms with Crippen molar-refractivity contribution in [1.82, 2.24) is 10.3 Å². The van der Waals surface area contributed by atoms with Crippen molar-refractivity contribution in [2.45, 2.75) is 20.3 Å². The van der Waals surface area contributed by atoms with Gasteiger partial charge in [-0.2, -0.15) is 0 Å². The van der Waals surface area contributed by atoms with Gasteiger partial charge in [0.1, 0.15) is 5.82 Å². The summed E-state index contributed by atoms with van der Waals surface area (Å²) in [6.45, 7) is 4.52. The maximum atomic E-state index is 10.8. The molecule has 0 atom stereocenters. The van der Waals surface area contributed by atoms with Crippen LogP contribution in [0.2, 0.25) is 0 Å². The first-order valence-electron chi connectivity index (χ1n) is 5.43. The third-order valence-corrected chi connectivity index (χ3v) is 1.98. The van der Waals surface area contributed by atoms with Crippen LogP contribution in [0.4, 0.5) is 10.6 Å². The van der Waals surface area contributed by atoms with Crippen molar-refractivity contribution in [2.75, 3.05) is 11.9 Å². The van der Waals surface area contributed by atoms with Crippen LogP contribution in [-0.2, 0) is 0 Å². The Hall–Kier alpha value is -2.11. The zero-order valence-electron chi connectivity index (χ0n) is 10.0. The van der Waals surface area contributed by atoms with Gasteiger partial charge in [-0.3, -0.25) is 10.3 Å². The molecular formula is C11H17N5O. The molecule has 0 fully saturated rings. The highest BCUT2D eigenvalue weighted by Gasteiger charge is 2.05. The Morgan fingerprint density at radius 2 is 2.35 bits per heavy atom. The number of primary amides is 1. The molecule has 0 aliphatic carbocycles. The third kappa shape index (κ3) is 4.50. The highest BCUT2D eigenvalue weighted by Crippen LogP contribution is 2.08. The van der Waals surface area contributed by atoms with E-state index in [9.17, 15) is 4.79 Å². The minimum absolute atomic E-state index is 0.321. The summed E-state index contributed by atoms with van der Waals surface area (Å²) >= 11 is 0. The molecule has 0 aromatic carbocycles. The molecular weight excluding hydrogens is 218 g/mol. The lowest BCUT2D eigenvalue weighted by atomic mass is 10.3. The highest BCUT2D eigenvalue weighted by molar-refractivity contribution is 6.03. The summed E-state index contributed by atoms with van der Waals surface area (Å²) in [5.74, 6) is 0.970. The average Bonchev–Trinajstić information content (AvgIpc) is 2.28. The maximum Gasteiger partial charge on any atom is 0.318 e. The van der Waals surface area contributed by atoms with Crippen LogP contribution in [0.15, 0.2) is 23.3 Å². The van der Waals surface area contributed by atoms with Gasteiger partial charge in [-0.1, -0.05) is 13.0 Å². The van der Waals surface area contributed by atoms with Gasteiger partial charge >= 0.3 is 6.03 Å². The predicted molar refractivity (Wildman–Crippen MR) is 67.9 cm³/mol. The fraction of sp³-hybridized carbons (Fsp3) is 0.364. The number of guanidine groups is 1. The summed E-state index contributed by atoms with van der Waals surface area (Å²) in [6.07, 6.45) is 2.55. The van der Waals surface area contributed by atoms with E-state index in [2.05, 4.69) is 20.6 Å². The van der Waals surface area contributed by atoms with Gasteiger partial charge in [0.2, 0.25) is 5.96 Å². The maximum absolute atomic E-state index is 10.8. The minimum atomic E-state index is -0.652. The molecule has 0 bridgehead atoms. The molecule has 0 aliphatic heterocycles. The second-order valence-electron chi connectivity index (χ2n) is 3.51. The van der Waals surface area contributed by atoms with Crippen molar-refractivity contribution >= 4 is 17.8 Å². The van der Waals surface area contributed by atoms with Crippen LogP contribution in [0, 0.1) is 6.92 Å². The Kier molecular flexibility index (Phi) is 4.93. The first-order valence-corrected chi connectivity index (χ1v) is 5.43. The monoisotopic (exact) mass is 235 g/mol. The number of carbonyl (C=O) groups is 1. The van der Waals surface area contributed by atoms with E-state index < -0.39 is 6.03 Å². The smallest absolute Gasteiger partial charge is 0.318 e. The van der Waals surface area contributed by atoms with Crippen molar-refractivity contribution in [3.8, 4) is 0 Å². The molecule has 6 heteroatoms. The number of pyridine rings is 1. The Balaban J connectivity index is 2.79. The molecule has 0 unspecified atom stereocenters. The molecule has 2 amide bonds. The second-order valence-corrected chi connectivity index (χ2v) is 3.51. The SMILES string of the molecule is CCCN=C(NC(N)=O)Nc1ncccc1C. The molecule has 0 saturated carbocycles. The number of carbonyl (C=O) groups excluding carboxylic acids is 1. The Morgan fingerprint density at radius 1 is 1.59 bits per heavy atom. The molecule has 92 valence electrons. The lowest BCUT2D eigenvalue weighted by Gasteiger charge is -2.10. The number of aryl methyl sites for hydroxylation is 1. The van der Waals surface area contributed by atoms with Gasteiger partial charge in [-0.05, 0) is 25.0 Å². The van der Waals surface area contributed by atoms with Crippen LogP contribution in [-0.4, -0.2) is 23.5 Å². The Bertz CT molecular complexity index is 416. The molecule has 0 saturated heterocycles. The predicted octanol–water partition coefficient (Wildman–Crippen LogP) is 1.24. The lowest BCUT2D eigenvalue weighted by Crippen LogP contribution is -2.40. The first kappa shape index (κ1) is 13.0. The average molecular weight is 235 g/mol. The second kappa shape index (κ2) is 6.47. The quantitative estimate of drug-likeness (QED) is 0.543. The Morgan fingerprint density at radius 3 is 2.94 bits per heavy atom. The van der Waals surface area contributed by atoms with E-state index in [1.165, 1.54) is 0 Å². The van der Waals surface area contributed by atoms with Crippen LogP contribution >= 0.6 is 0 Å². The number of hydrogen-bond donors (Lipinski definition) is 3. The van der Waals surface area contributed by atoms with Gasteiger partial charge < -0.3 is 11.1 Å². The van der Waals surface area contributed by atoms with E-state index in [0.29, 0.717) is 18.3 Å². The molecule has 4 N–H and O–H groups in total. The number of aliphatic imine (C=N–C) groups is 1. The largest absolute Gasteiger partial charge is 0.351 e. The van der Waals surface area contributed by atoms with Gasteiger partial charge in [-0.15, -0.1) is 0 Å². The van der Waals surface area contributed by atoms with Gasteiger partial charge in [-0.25, -0.2) is 9.78 Å². The van der Waals surface area contributed by atoms with E-state index in [1.807, 2.05) is 26.0 Å². The number of nitrogens with zero attached hydrogens (tertiary/aromatic N) is 2. The molecule has 0 aliphatic rings. The fourth-order valence-corrected chi connectivity index (χ4v) is 1.18. The van der Waals surface area contributed by atoms with E-state index >= 15 is 0 Å². The summed E-state index contributed by atoms with van der Waals surface area (Å²) in [7, 11) is 0. The van der Waals surface area contributed by atoms with Gasteiger partial charge in [0.05, 0.1) is 0 Å². The van der Waals surface area contributed by atoms with Crippen molar-refractivity contribution in [2.24, 2.45) is 10.7 Å². The van der Waals surface area contributed by atoms with Crippen LogP contribution in [0.25, 0.3) is 0 Å². The van der Waals surface area contributed by atoms with Crippen LogP contribution in [0.5, 0.6) is 0 Å². The number of anilines is 1. The van der Waals surface area contributed by atoms with E-state index in [4.69, 9.17) is 5.73 Å². The summed E-state index contributed by atoms with van der Waals surface area (Å²) in [5.41, 5.74) is 6.03.